The quantitative estimate of drug-likeness (QED) is 0.440. The lowest BCUT2D eigenvalue weighted by atomic mass is 10.0. The van der Waals surface area contributed by atoms with Crippen LogP contribution in [0.4, 0.5) is 0 Å². The maximum absolute atomic E-state index is 7.23. The van der Waals surface area contributed by atoms with E-state index in [1.54, 1.807) is 0 Å². The van der Waals surface area contributed by atoms with Crippen molar-refractivity contribution in [2.24, 2.45) is 5.92 Å². The summed E-state index contributed by atoms with van der Waals surface area (Å²) in [5, 5.41) is 10.3. The summed E-state index contributed by atoms with van der Waals surface area (Å²) in [6.07, 6.45) is 2.72. The van der Waals surface area contributed by atoms with E-state index in [4.69, 9.17) is 5.41 Å². The molecule has 0 aliphatic heterocycles. The Morgan fingerprint density at radius 3 is 2.70 bits per heavy atom. The van der Waals surface area contributed by atoms with Crippen molar-refractivity contribution in [3.8, 4) is 0 Å². The normalized spacial score (nSPS) is 12.6. The third kappa shape index (κ3) is 4.27. The van der Waals surface area contributed by atoms with E-state index < -0.39 is 0 Å². The predicted molar refractivity (Wildman–Crippen MR) is 45.6 cm³/mol. The molecule has 0 saturated heterocycles. The number of rotatable bonds is 5. The first kappa shape index (κ1) is 9.37. The van der Waals surface area contributed by atoms with Gasteiger partial charge in [-0.3, -0.25) is 0 Å². The Labute approximate surface area is 62.8 Å². The number of hydrogen-bond donors (Lipinski definition) is 2. The van der Waals surface area contributed by atoms with Crippen LogP contribution in [0.2, 0.25) is 0 Å². The lowest BCUT2D eigenvalue weighted by molar-refractivity contribution is 0.618. The van der Waals surface area contributed by atoms with Gasteiger partial charge >= 0.3 is 0 Å². The fourth-order valence-corrected chi connectivity index (χ4v) is 0.894. The average Bonchev–Trinajstić information content (AvgIpc) is 1.86. The van der Waals surface area contributed by atoms with E-state index in [2.05, 4.69) is 11.9 Å². The molecule has 0 aliphatic carbocycles. The highest BCUT2D eigenvalue weighted by Crippen LogP contribution is 2.02. The van der Waals surface area contributed by atoms with Crippen LogP contribution in [-0.4, -0.2) is 19.3 Å². The molecule has 2 N–H and O–H groups in total. The Kier molecular flexibility index (Phi) is 4.85. The molecular formula is C8H16N2. The first-order valence-corrected chi connectivity index (χ1v) is 3.52. The summed E-state index contributed by atoms with van der Waals surface area (Å²) in [6.45, 7) is 6.44. The topological polar surface area (TPSA) is 35.9 Å². The van der Waals surface area contributed by atoms with E-state index in [-0.39, 0.29) is 0 Å². The van der Waals surface area contributed by atoms with Gasteiger partial charge in [0.2, 0.25) is 0 Å². The van der Waals surface area contributed by atoms with Crippen LogP contribution in [0.5, 0.6) is 0 Å². The maximum Gasteiger partial charge on any atom is 0.00645 e. The van der Waals surface area contributed by atoms with Crippen molar-refractivity contribution < 1.29 is 0 Å². The van der Waals surface area contributed by atoms with E-state index in [0.717, 1.165) is 18.7 Å². The summed E-state index contributed by atoms with van der Waals surface area (Å²) in [6, 6.07) is 0. The highest BCUT2D eigenvalue weighted by molar-refractivity contribution is 5.78. The average molecular weight is 140 g/mol. The number of hydrogen-bond acceptors (Lipinski definition) is 2. The van der Waals surface area contributed by atoms with Crippen LogP contribution in [0.1, 0.15) is 13.3 Å². The molecule has 0 fully saturated rings. The van der Waals surface area contributed by atoms with Gasteiger partial charge in [0.15, 0.2) is 0 Å². The summed E-state index contributed by atoms with van der Waals surface area (Å²) < 4.78 is 0. The van der Waals surface area contributed by atoms with Crippen LogP contribution >= 0.6 is 0 Å². The largest absolute Gasteiger partial charge is 0.319 e. The van der Waals surface area contributed by atoms with Gasteiger partial charge in [-0.05, 0) is 26.3 Å². The molecule has 0 heterocycles. The smallest absolute Gasteiger partial charge is 0.00645 e. The first-order chi connectivity index (χ1) is 4.70. The van der Waals surface area contributed by atoms with Gasteiger partial charge in [-0.2, -0.15) is 0 Å². The van der Waals surface area contributed by atoms with E-state index in [1.807, 2.05) is 20.0 Å². The SMILES string of the molecule is C=CC(CNC)CC(C)=N. The minimum atomic E-state index is 0.419. The van der Waals surface area contributed by atoms with Crippen molar-refractivity contribution in [2.45, 2.75) is 13.3 Å². The molecule has 1 atom stereocenters. The maximum atomic E-state index is 7.23. The molecule has 1 unspecified atom stereocenters. The molecule has 0 spiro atoms. The molecule has 0 aliphatic rings. The zero-order chi connectivity index (χ0) is 7.98. The van der Waals surface area contributed by atoms with E-state index in [1.165, 1.54) is 0 Å². The van der Waals surface area contributed by atoms with E-state index in [0.29, 0.717) is 5.92 Å². The van der Waals surface area contributed by atoms with Crippen LogP contribution in [0.3, 0.4) is 0 Å². The van der Waals surface area contributed by atoms with Crippen molar-refractivity contribution in [2.75, 3.05) is 13.6 Å². The molecule has 0 rings (SSSR count). The molecule has 2 nitrogen and oxygen atoms in total. The van der Waals surface area contributed by atoms with Crippen molar-refractivity contribution in [1.29, 1.82) is 5.41 Å². The van der Waals surface area contributed by atoms with Crippen LogP contribution in [-0.2, 0) is 0 Å². The third-order valence-corrected chi connectivity index (χ3v) is 1.37. The summed E-state index contributed by atoms with van der Waals surface area (Å²) in [7, 11) is 1.91. The third-order valence-electron chi connectivity index (χ3n) is 1.37. The van der Waals surface area contributed by atoms with Crippen LogP contribution in [0.25, 0.3) is 0 Å². The van der Waals surface area contributed by atoms with Crippen LogP contribution in [0.15, 0.2) is 12.7 Å². The zero-order valence-electron chi connectivity index (χ0n) is 6.78. The van der Waals surface area contributed by atoms with Crippen molar-refractivity contribution in [1.82, 2.24) is 5.32 Å². The second-order valence-corrected chi connectivity index (χ2v) is 2.54. The summed E-state index contributed by atoms with van der Waals surface area (Å²) in [5.41, 5.74) is 0.722. The molecule has 0 radical (unpaired) electrons. The summed E-state index contributed by atoms with van der Waals surface area (Å²) in [4.78, 5) is 0. The Morgan fingerprint density at radius 1 is 1.80 bits per heavy atom. The van der Waals surface area contributed by atoms with Gasteiger partial charge in [-0.25, -0.2) is 0 Å². The lowest BCUT2D eigenvalue weighted by Gasteiger charge is -2.09. The molecule has 0 aromatic rings. The highest BCUT2D eigenvalue weighted by atomic mass is 14.8. The van der Waals surface area contributed by atoms with Gasteiger partial charge in [0.25, 0.3) is 0 Å². The Hall–Kier alpha value is -0.630. The first-order valence-electron chi connectivity index (χ1n) is 3.52. The monoisotopic (exact) mass is 140 g/mol. The highest BCUT2D eigenvalue weighted by Gasteiger charge is 2.02. The molecule has 0 aromatic carbocycles. The Bertz CT molecular complexity index is 118. The van der Waals surface area contributed by atoms with Crippen molar-refractivity contribution in [3.63, 3.8) is 0 Å². The van der Waals surface area contributed by atoms with Gasteiger partial charge in [-0.1, -0.05) is 6.08 Å². The fraction of sp³-hybridized carbons (Fsp3) is 0.625. The van der Waals surface area contributed by atoms with Crippen molar-refractivity contribution >= 4 is 5.71 Å². The molecule has 2 heteroatoms. The lowest BCUT2D eigenvalue weighted by Crippen LogP contribution is -2.18. The van der Waals surface area contributed by atoms with E-state index >= 15 is 0 Å². The molecule has 10 heavy (non-hydrogen) atoms. The van der Waals surface area contributed by atoms with Gasteiger partial charge < -0.3 is 10.7 Å². The number of nitrogens with one attached hydrogen (secondary N) is 2. The van der Waals surface area contributed by atoms with Crippen molar-refractivity contribution in [3.05, 3.63) is 12.7 Å². The van der Waals surface area contributed by atoms with E-state index in [9.17, 15) is 0 Å². The minimum absolute atomic E-state index is 0.419. The second kappa shape index (κ2) is 5.18. The predicted octanol–water partition coefficient (Wildman–Crippen LogP) is 1.44. The van der Waals surface area contributed by atoms with Crippen LogP contribution < -0.4 is 5.32 Å². The summed E-state index contributed by atoms with van der Waals surface area (Å²) >= 11 is 0. The van der Waals surface area contributed by atoms with Gasteiger partial charge in [0.05, 0.1) is 0 Å². The standard InChI is InChI=1S/C8H16N2/c1-4-8(6-10-3)5-7(2)9/h4,8-10H,1,5-6H2,2-3H3. The zero-order valence-corrected chi connectivity index (χ0v) is 6.78. The minimum Gasteiger partial charge on any atom is -0.319 e. The second-order valence-electron chi connectivity index (χ2n) is 2.54. The van der Waals surface area contributed by atoms with Gasteiger partial charge in [-0.15, -0.1) is 6.58 Å². The van der Waals surface area contributed by atoms with Gasteiger partial charge in [0.1, 0.15) is 0 Å². The fourth-order valence-electron chi connectivity index (χ4n) is 0.894. The Morgan fingerprint density at radius 2 is 2.40 bits per heavy atom. The molecule has 0 amide bonds. The van der Waals surface area contributed by atoms with Crippen LogP contribution in [0, 0.1) is 11.3 Å². The Balaban J connectivity index is 3.59. The molecule has 0 saturated carbocycles. The molecular weight excluding hydrogens is 124 g/mol. The molecule has 0 bridgehead atoms. The summed E-state index contributed by atoms with van der Waals surface area (Å²) in [5.74, 6) is 0.419. The molecule has 0 aromatic heterocycles. The van der Waals surface area contributed by atoms with Gasteiger partial charge in [0, 0.05) is 12.3 Å². The molecule has 58 valence electrons.